The number of para-hydroxylation sites is 2. The number of halogens is 2. The number of anilines is 2. The number of carbonyl (C=O) groups is 2. The summed E-state index contributed by atoms with van der Waals surface area (Å²) in [6, 6.07) is 7.06. The molecule has 1 aromatic heterocycles. The van der Waals surface area contributed by atoms with Gasteiger partial charge in [-0.25, -0.2) is 5.01 Å². The molecule has 1 aliphatic heterocycles. The van der Waals surface area contributed by atoms with Gasteiger partial charge in [0.25, 0.3) is 17.8 Å². The van der Waals surface area contributed by atoms with Crippen molar-refractivity contribution in [2.45, 2.75) is 0 Å². The molecule has 108 valence electrons. The Morgan fingerprint density at radius 3 is 2.29 bits per heavy atom. The minimum Gasteiger partial charge on any atom is -0.271 e. The van der Waals surface area contributed by atoms with Crippen LogP contribution in [0.2, 0.25) is 0 Å². The zero-order valence-electron chi connectivity index (χ0n) is 10.6. The summed E-state index contributed by atoms with van der Waals surface area (Å²) in [5, 5.41) is 9.96. The Hall–Kier alpha value is -2.12. The lowest BCUT2D eigenvalue weighted by Gasteiger charge is -2.37. The van der Waals surface area contributed by atoms with E-state index in [0.29, 0.717) is 11.4 Å². The smallest absolute Gasteiger partial charge is 0.263 e. The third kappa shape index (κ3) is 2.05. The van der Waals surface area contributed by atoms with Crippen LogP contribution in [-0.4, -0.2) is 38.3 Å². The van der Waals surface area contributed by atoms with Gasteiger partial charge in [0.15, 0.2) is 0 Å². The largest absolute Gasteiger partial charge is 0.271 e. The topological polar surface area (TPSA) is 71.3 Å². The number of benzene rings is 1. The van der Waals surface area contributed by atoms with Gasteiger partial charge in [-0.2, -0.15) is 5.01 Å². The lowest BCUT2D eigenvalue weighted by atomic mass is 10.2. The van der Waals surface area contributed by atoms with Crippen LogP contribution < -0.4 is 10.0 Å². The second kappa shape index (κ2) is 5.34. The van der Waals surface area contributed by atoms with Crippen LogP contribution in [0.1, 0.15) is 0 Å². The monoisotopic (exact) mass is 325 g/mol. The van der Waals surface area contributed by atoms with Gasteiger partial charge in [-0.05, 0) is 12.1 Å². The molecule has 0 saturated carbocycles. The van der Waals surface area contributed by atoms with Crippen molar-refractivity contribution in [3.8, 4) is 5.69 Å². The molecule has 0 N–H and O–H groups in total. The predicted octanol–water partition coefficient (Wildman–Crippen LogP) is 1.34. The highest BCUT2D eigenvalue weighted by molar-refractivity contribution is 6.33. The Morgan fingerprint density at radius 2 is 1.62 bits per heavy atom. The summed E-state index contributed by atoms with van der Waals surface area (Å²) in [5.41, 5.74) is 1.18. The highest BCUT2D eigenvalue weighted by Gasteiger charge is 2.37. The summed E-state index contributed by atoms with van der Waals surface area (Å²) in [6.07, 6.45) is 1.46. The number of fused-ring (bicyclic) bond motifs is 3. The number of hydrogen-bond donors (Lipinski definition) is 0. The van der Waals surface area contributed by atoms with Crippen LogP contribution >= 0.6 is 23.2 Å². The van der Waals surface area contributed by atoms with Crippen LogP contribution in [0.15, 0.2) is 30.6 Å². The van der Waals surface area contributed by atoms with E-state index >= 15 is 0 Å². The third-order valence-corrected chi connectivity index (χ3v) is 3.45. The number of amides is 2. The van der Waals surface area contributed by atoms with E-state index in [0.717, 1.165) is 5.01 Å². The maximum Gasteiger partial charge on any atom is 0.263 e. The van der Waals surface area contributed by atoms with E-state index in [1.54, 1.807) is 22.8 Å². The maximum atomic E-state index is 12.2. The lowest BCUT2D eigenvalue weighted by molar-refractivity contribution is -0.121. The summed E-state index contributed by atoms with van der Waals surface area (Å²) in [7, 11) is 0. The molecule has 0 fully saturated rings. The fourth-order valence-electron chi connectivity index (χ4n) is 2.17. The van der Waals surface area contributed by atoms with Gasteiger partial charge in [0.05, 0.1) is 11.4 Å². The highest BCUT2D eigenvalue weighted by atomic mass is 35.5. The quantitative estimate of drug-likeness (QED) is 0.781. The Bertz CT molecular complexity index is 717. The lowest BCUT2D eigenvalue weighted by Crippen LogP contribution is -2.54. The molecule has 0 saturated heterocycles. The number of aromatic nitrogens is 3. The first-order valence-electron chi connectivity index (χ1n) is 5.96. The van der Waals surface area contributed by atoms with Crippen LogP contribution in [0.25, 0.3) is 5.69 Å². The molecule has 1 aromatic carbocycles. The minimum absolute atomic E-state index is 0.192. The average Bonchev–Trinajstić information content (AvgIpc) is 3.01. The van der Waals surface area contributed by atoms with Gasteiger partial charge in [0.2, 0.25) is 0 Å². The van der Waals surface area contributed by atoms with Crippen LogP contribution in [0, 0.1) is 0 Å². The Kier molecular flexibility index (Phi) is 3.52. The van der Waals surface area contributed by atoms with Crippen LogP contribution in [-0.2, 0) is 9.59 Å². The molecular weight excluding hydrogens is 317 g/mol. The first-order valence-corrected chi connectivity index (χ1v) is 7.03. The molecule has 0 bridgehead atoms. The fraction of sp³-hybridized carbons (Fsp3) is 0.167. The zero-order valence-corrected chi connectivity index (χ0v) is 12.1. The highest BCUT2D eigenvalue weighted by Crippen LogP contribution is 2.35. The Labute approximate surface area is 129 Å². The first kappa shape index (κ1) is 13.8. The standard InChI is InChI=1S/C12H9Cl2N5O2/c13-5-10(20)18-9-4-2-1-3-8(9)17-7-15-16-12(17)19(18)11(21)6-14/h1-4,7H,5-6H2. The molecule has 7 nitrogen and oxygen atoms in total. The molecular formula is C12H9Cl2N5O2. The van der Waals surface area contributed by atoms with Crippen molar-refractivity contribution in [1.82, 2.24) is 14.8 Å². The van der Waals surface area contributed by atoms with E-state index < -0.39 is 11.8 Å². The molecule has 0 atom stereocenters. The second-order valence-electron chi connectivity index (χ2n) is 4.17. The van der Waals surface area contributed by atoms with Crippen LogP contribution in [0.3, 0.4) is 0 Å². The molecule has 21 heavy (non-hydrogen) atoms. The van der Waals surface area contributed by atoms with Gasteiger partial charge in [-0.1, -0.05) is 12.1 Å². The van der Waals surface area contributed by atoms with Crippen LogP contribution in [0.5, 0.6) is 0 Å². The maximum absolute atomic E-state index is 12.2. The van der Waals surface area contributed by atoms with Gasteiger partial charge in [0.1, 0.15) is 18.1 Å². The summed E-state index contributed by atoms with van der Waals surface area (Å²) in [4.78, 5) is 24.3. The van der Waals surface area contributed by atoms with E-state index in [-0.39, 0.29) is 17.7 Å². The molecule has 2 amide bonds. The Balaban J connectivity index is 2.26. The molecule has 2 aromatic rings. The van der Waals surface area contributed by atoms with E-state index in [4.69, 9.17) is 23.2 Å². The number of rotatable bonds is 2. The number of hydrogen-bond acceptors (Lipinski definition) is 4. The van der Waals surface area contributed by atoms with Crippen molar-refractivity contribution in [1.29, 1.82) is 0 Å². The minimum atomic E-state index is -0.501. The number of nitrogens with zero attached hydrogens (tertiary/aromatic N) is 5. The van der Waals surface area contributed by atoms with Crippen molar-refractivity contribution in [3.05, 3.63) is 30.6 Å². The van der Waals surface area contributed by atoms with Gasteiger partial charge in [-0.3, -0.25) is 14.2 Å². The molecule has 2 heterocycles. The average molecular weight is 326 g/mol. The number of carbonyl (C=O) groups excluding carboxylic acids is 2. The normalized spacial score (nSPS) is 12.9. The second-order valence-corrected chi connectivity index (χ2v) is 4.70. The number of alkyl halides is 2. The fourth-order valence-corrected chi connectivity index (χ4v) is 2.40. The summed E-state index contributed by atoms with van der Waals surface area (Å²) in [6.45, 7) is 0. The van der Waals surface area contributed by atoms with Gasteiger partial charge < -0.3 is 0 Å². The van der Waals surface area contributed by atoms with E-state index in [2.05, 4.69) is 10.2 Å². The number of hydrazine groups is 1. The van der Waals surface area contributed by atoms with Crippen molar-refractivity contribution >= 4 is 46.7 Å². The third-order valence-electron chi connectivity index (χ3n) is 2.99. The molecule has 0 unspecified atom stereocenters. The summed E-state index contributed by atoms with van der Waals surface area (Å²) in [5.74, 6) is -1.36. The summed E-state index contributed by atoms with van der Waals surface area (Å²) >= 11 is 11.3. The zero-order chi connectivity index (χ0) is 15.0. The first-order chi connectivity index (χ1) is 10.2. The van der Waals surface area contributed by atoms with E-state index in [9.17, 15) is 9.59 Å². The molecule has 1 aliphatic rings. The van der Waals surface area contributed by atoms with Gasteiger partial charge in [0, 0.05) is 0 Å². The van der Waals surface area contributed by atoms with E-state index in [1.807, 2.05) is 6.07 Å². The Morgan fingerprint density at radius 1 is 1.00 bits per heavy atom. The van der Waals surface area contributed by atoms with Gasteiger partial charge >= 0.3 is 0 Å². The van der Waals surface area contributed by atoms with Crippen molar-refractivity contribution in [3.63, 3.8) is 0 Å². The van der Waals surface area contributed by atoms with Gasteiger partial charge in [-0.15, -0.1) is 33.4 Å². The molecule has 3 rings (SSSR count). The SMILES string of the molecule is O=C(CCl)N1c2ccccc2-n2cnnc2N1C(=O)CCl. The molecule has 0 aliphatic carbocycles. The van der Waals surface area contributed by atoms with Crippen molar-refractivity contribution < 1.29 is 9.59 Å². The molecule has 0 spiro atoms. The van der Waals surface area contributed by atoms with Crippen molar-refractivity contribution in [2.24, 2.45) is 0 Å². The van der Waals surface area contributed by atoms with Crippen LogP contribution in [0.4, 0.5) is 11.6 Å². The predicted molar refractivity (Wildman–Crippen MR) is 77.8 cm³/mol. The van der Waals surface area contributed by atoms with Crippen molar-refractivity contribution in [2.75, 3.05) is 21.8 Å². The molecule has 9 heteroatoms. The van der Waals surface area contributed by atoms with E-state index in [1.165, 1.54) is 11.3 Å². The molecule has 0 radical (unpaired) electrons. The summed E-state index contributed by atoms with van der Waals surface area (Å²) < 4.78 is 1.61.